The molecule has 0 spiro atoms. The molecule has 1 aliphatic carbocycles. The van der Waals surface area contributed by atoms with Gasteiger partial charge in [-0.3, -0.25) is 19.5 Å². The number of halogens is 1. The molecule has 3 aromatic heterocycles. The number of ether oxygens (including phenoxy) is 2. The van der Waals surface area contributed by atoms with E-state index in [4.69, 9.17) is 14.5 Å². The van der Waals surface area contributed by atoms with Crippen LogP contribution in [-0.2, 0) is 16.3 Å². The first-order valence-corrected chi connectivity index (χ1v) is 23.7. The standard InChI is InChI=1S/C42H53BrN11O4P/c1-42(2,3)58-41(55)54-20-18-52(19-21-54)28-12-16-53(17-13-28)35-23-36(57-29-8-7-9-29)34(22-30(35)27-24-47-51(4)26-27)49-40-46-25-31(43)39(50-40)48-33-11-10-32-37(45-15-14-44-32)38(33)59(5,6)56/h10-11,14-15,22-26,28-29H,7-9,12-13,16-21H2,1-6H3,(H2,46,48,49,50). The first-order chi connectivity index (χ1) is 28.2. The second-order valence-electron chi connectivity index (χ2n) is 17.0. The Hall–Kier alpha value is -4.79. The van der Waals surface area contributed by atoms with Gasteiger partial charge in [0.2, 0.25) is 5.95 Å². The van der Waals surface area contributed by atoms with Crippen LogP contribution in [0.4, 0.5) is 33.6 Å². The lowest BCUT2D eigenvalue weighted by molar-refractivity contribution is 0.00901. The Morgan fingerprint density at radius 1 is 0.915 bits per heavy atom. The number of benzene rings is 2. The monoisotopic (exact) mass is 885 g/mol. The largest absolute Gasteiger partial charge is 0.488 e. The van der Waals surface area contributed by atoms with Crippen LogP contribution in [0.5, 0.6) is 5.75 Å². The number of piperidine rings is 1. The van der Waals surface area contributed by atoms with E-state index >= 15 is 0 Å². The Labute approximate surface area is 353 Å². The fourth-order valence-corrected chi connectivity index (χ4v) is 9.67. The van der Waals surface area contributed by atoms with Crippen molar-refractivity contribution < 1.29 is 18.8 Å². The highest BCUT2D eigenvalue weighted by Gasteiger charge is 2.32. The third-order valence-corrected chi connectivity index (χ3v) is 13.3. The van der Waals surface area contributed by atoms with Gasteiger partial charge in [-0.05, 0) is 100 Å². The van der Waals surface area contributed by atoms with Crippen molar-refractivity contribution in [1.29, 1.82) is 0 Å². The quantitative estimate of drug-likeness (QED) is 0.131. The van der Waals surface area contributed by atoms with Crippen LogP contribution >= 0.6 is 23.1 Å². The maximum absolute atomic E-state index is 13.6. The van der Waals surface area contributed by atoms with E-state index in [1.807, 2.05) is 61.9 Å². The summed E-state index contributed by atoms with van der Waals surface area (Å²) in [6.45, 7) is 14.0. The van der Waals surface area contributed by atoms with Crippen molar-refractivity contribution in [3.63, 3.8) is 0 Å². The Kier molecular flexibility index (Phi) is 11.6. The van der Waals surface area contributed by atoms with Gasteiger partial charge in [-0.25, -0.2) is 9.78 Å². The van der Waals surface area contributed by atoms with Crippen molar-refractivity contribution in [3.05, 3.63) is 59.7 Å². The number of nitrogens with zero attached hydrogens (tertiary/aromatic N) is 9. The molecule has 0 atom stereocenters. The van der Waals surface area contributed by atoms with Crippen LogP contribution < -0.4 is 25.6 Å². The van der Waals surface area contributed by atoms with Gasteiger partial charge < -0.3 is 34.5 Å². The summed E-state index contributed by atoms with van der Waals surface area (Å²) in [6.07, 6.45) is 14.0. The lowest BCUT2D eigenvalue weighted by Gasteiger charge is -2.43. The van der Waals surface area contributed by atoms with Gasteiger partial charge in [0.25, 0.3) is 0 Å². The zero-order chi connectivity index (χ0) is 41.5. The van der Waals surface area contributed by atoms with Crippen LogP contribution in [-0.4, -0.2) is 116 Å². The molecule has 312 valence electrons. The van der Waals surface area contributed by atoms with Crippen molar-refractivity contribution in [2.24, 2.45) is 7.05 Å². The van der Waals surface area contributed by atoms with Gasteiger partial charge >= 0.3 is 6.09 Å². The molecule has 3 aliphatic rings. The second kappa shape index (κ2) is 16.7. The molecule has 8 rings (SSSR count). The minimum Gasteiger partial charge on any atom is -0.488 e. The molecule has 5 aromatic rings. The highest BCUT2D eigenvalue weighted by Crippen LogP contribution is 2.44. The lowest BCUT2D eigenvalue weighted by atomic mass is 9.95. The summed E-state index contributed by atoms with van der Waals surface area (Å²) in [5.74, 6) is 1.61. The molecule has 59 heavy (non-hydrogen) atoms. The maximum Gasteiger partial charge on any atom is 0.410 e. The Morgan fingerprint density at radius 3 is 2.32 bits per heavy atom. The molecule has 1 saturated carbocycles. The molecule has 17 heteroatoms. The van der Waals surface area contributed by atoms with Crippen LogP contribution in [0.15, 0.2) is 59.7 Å². The molecule has 0 radical (unpaired) electrons. The van der Waals surface area contributed by atoms with Crippen LogP contribution in [0.25, 0.3) is 22.2 Å². The van der Waals surface area contributed by atoms with Crippen molar-refractivity contribution >= 4 is 74.3 Å². The molecule has 2 saturated heterocycles. The van der Waals surface area contributed by atoms with Gasteiger partial charge in [0.1, 0.15) is 29.8 Å². The molecule has 3 fully saturated rings. The molecule has 15 nitrogen and oxygen atoms in total. The van der Waals surface area contributed by atoms with Crippen molar-refractivity contribution in [1.82, 2.24) is 39.5 Å². The van der Waals surface area contributed by atoms with Crippen molar-refractivity contribution in [2.75, 3.05) is 68.1 Å². The highest BCUT2D eigenvalue weighted by atomic mass is 79.9. The summed E-state index contributed by atoms with van der Waals surface area (Å²) in [4.78, 5) is 38.1. The Balaban J connectivity index is 1.06. The zero-order valence-electron chi connectivity index (χ0n) is 34.6. The number of aromatic nitrogens is 6. The minimum atomic E-state index is -2.80. The van der Waals surface area contributed by atoms with Crippen molar-refractivity contribution in [3.8, 4) is 16.9 Å². The summed E-state index contributed by atoms with van der Waals surface area (Å²) < 4.78 is 28.4. The SMILES string of the molecule is Cn1cc(-c2cc(Nc3ncc(Br)c(Nc4ccc5nccnc5c4P(C)(C)=O)n3)c(OC3CCC3)cc2N2CCC(N3CCN(C(=O)OC(C)(C)C)CC3)CC2)cn1. The predicted octanol–water partition coefficient (Wildman–Crippen LogP) is 7.77. The normalized spacial score (nSPS) is 17.2. The smallest absolute Gasteiger partial charge is 0.410 e. The summed E-state index contributed by atoms with van der Waals surface area (Å²) in [7, 11) is -0.868. The highest BCUT2D eigenvalue weighted by molar-refractivity contribution is 9.10. The van der Waals surface area contributed by atoms with Crippen molar-refractivity contribution in [2.45, 2.75) is 70.6 Å². The molecular weight excluding hydrogens is 833 g/mol. The molecule has 2 aromatic carbocycles. The first-order valence-electron chi connectivity index (χ1n) is 20.3. The molecule has 5 heterocycles. The number of hydrogen-bond donors (Lipinski definition) is 2. The molecule has 1 amide bonds. The zero-order valence-corrected chi connectivity index (χ0v) is 37.1. The molecule has 0 bridgehead atoms. The third kappa shape index (κ3) is 9.34. The number of aryl methyl sites for hydroxylation is 1. The van der Waals surface area contributed by atoms with E-state index < -0.39 is 12.7 Å². The summed E-state index contributed by atoms with van der Waals surface area (Å²) in [5.41, 5.74) is 5.28. The average Bonchev–Trinajstić information content (AvgIpc) is 3.62. The van der Waals surface area contributed by atoms with Gasteiger partial charge in [-0.2, -0.15) is 10.1 Å². The number of amides is 1. The topological polar surface area (TPSA) is 156 Å². The first kappa shape index (κ1) is 41.0. The number of carbonyl (C=O) groups excluding carboxylic acids is 1. The van der Waals surface area contributed by atoms with E-state index in [1.54, 1.807) is 31.9 Å². The van der Waals surface area contributed by atoms with E-state index in [0.29, 0.717) is 57.4 Å². The van der Waals surface area contributed by atoms with E-state index in [9.17, 15) is 9.36 Å². The van der Waals surface area contributed by atoms with Crippen LogP contribution in [0.2, 0.25) is 0 Å². The third-order valence-electron chi connectivity index (χ3n) is 11.1. The Bertz CT molecular complexity index is 2380. The molecular formula is C42H53BrN11O4P. The number of hydrogen-bond acceptors (Lipinski definition) is 13. The number of fused-ring (bicyclic) bond motifs is 1. The molecule has 0 unspecified atom stereocenters. The number of piperazine rings is 1. The maximum atomic E-state index is 13.6. The Morgan fingerprint density at radius 2 is 1.66 bits per heavy atom. The average molecular weight is 887 g/mol. The van der Waals surface area contributed by atoms with E-state index in [1.165, 1.54) is 0 Å². The van der Waals surface area contributed by atoms with E-state index in [0.717, 1.165) is 86.5 Å². The summed E-state index contributed by atoms with van der Waals surface area (Å²) in [6, 6.07) is 8.47. The predicted molar refractivity (Wildman–Crippen MR) is 236 cm³/mol. The van der Waals surface area contributed by atoms with E-state index in [2.05, 4.69) is 68.5 Å². The minimum absolute atomic E-state index is 0.133. The number of anilines is 5. The van der Waals surface area contributed by atoms with Gasteiger partial charge in [-0.1, -0.05) is 0 Å². The molecule has 2 N–H and O–H groups in total. The number of carbonyl (C=O) groups is 1. The van der Waals surface area contributed by atoms with Crippen LogP contribution in [0.3, 0.4) is 0 Å². The summed E-state index contributed by atoms with van der Waals surface area (Å²) in [5, 5.41) is 12.1. The van der Waals surface area contributed by atoms with Gasteiger partial charge in [0.15, 0.2) is 0 Å². The second-order valence-corrected chi connectivity index (χ2v) is 21.0. The fraction of sp³-hybridized carbons (Fsp3) is 0.476. The number of rotatable bonds is 10. The lowest BCUT2D eigenvalue weighted by Crippen LogP contribution is -2.55. The van der Waals surface area contributed by atoms with Crippen LogP contribution in [0, 0.1) is 0 Å². The van der Waals surface area contributed by atoms with E-state index in [-0.39, 0.29) is 12.2 Å². The fourth-order valence-electron chi connectivity index (χ4n) is 7.98. The molecule has 2 aliphatic heterocycles. The van der Waals surface area contributed by atoms with Gasteiger partial charge in [-0.15, -0.1) is 0 Å². The summed E-state index contributed by atoms with van der Waals surface area (Å²) >= 11 is 3.63. The van der Waals surface area contributed by atoms with Gasteiger partial charge in [0, 0.05) is 100 Å². The van der Waals surface area contributed by atoms with Gasteiger partial charge in [0.05, 0.1) is 39.0 Å². The number of nitrogens with one attached hydrogen (secondary N) is 2. The van der Waals surface area contributed by atoms with Crippen LogP contribution in [0.1, 0.15) is 52.9 Å².